The number of aliphatic imine (C=N–C) groups is 1. The molecule has 0 aliphatic heterocycles. The third-order valence-electron chi connectivity index (χ3n) is 4.33. The van der Waals surface area contributed by atoms with Gasteiger partial charge in [-0.05, 0) is 31.4 Å². The molecule has 5 nitrogen and oxygen atoms in total. The van der Waals surface area contributed by atoms with Crippen molar-refractivity contribution < 1.29 is 0 Å². The van der Waals surface area contributed by atoms with Crippen LogP contribution in [0.15, 0.2) is 34.8 Å². The van der Waals surface area contributed by atoms with Crippen molar-refractivity contribution in [3.63, 3.8) is 0 Å². The van der Waals surface area contributed by atoms with Gasteiger partial charge in [-0.1, -0.05) is 18.2 Å². The molecule has 0 aliphatic rings. The predicted octanol–water partition coefficient (Wildman–Crippen LogP) is 4.11. The summed E-state index contributed by atoms with van der Waals surface area (Å²) in [5.41, 5.74) is 4.93. The van der Waals surface area contributed by atoms with Crippen LogP contribution in [0.5, 0.6) is 0 Å². The zero-order valence-electron chi connectivity index (χ0n) is 15.7. The minimum atomic E-state index is 0. The lowest BCUT2D eigenvalue weighted by molar-refractivity contribution is 0.471. The summed E-state index contributed by atoms with van der Waals surface area (Å²) in [5, 5.41) is 7.96. The molecule has 0 aliphatic carbocycles. The fraction of sp³-hybridized carbons (Fsp3) is 0.368. The van der Waals surface area contributed by atoms with Crippen molar-refractivity contribution in [3.05, 3.63) is 51.6 Å². The molecule has 0 bridgehead atoms. The van der Waals surface area contributed by atoms with Crippen molar-refractivity contribution in [1.82, 2.24) is 20.2 Å². The number of aromatic amines is 1. The molecular weight excluding hydrogens is 457 g/mol. The molecule has 1 aromatic carbocycles. The van der Waals surface area contributed by atoms with Crippen molar-refractivity contribution in [1.29, 1.82) is 0 Å². The first-order valence-corrected chi connectivity index (χ1v) is 9.35. The average Bonchev–Trinajstić information content (AvgIpc) is 3.19. The number of fused-ring (bicyclic) bond motifs is 1. The maximum atomic E-state index is 4.52. The van der Waals surface area contributed by atoms with Gasteiger partial charge in [0.25, 0.3) is 0 Å². The van der Waals surface area contributed by atoms with Crippen molar-refractivity contribution >= 4 is 52.2 Å². The summed E-state index contributed by atoms with van der Waals surface area (Å²) in [6.07, 6.45) is 3.07. The number of aryl methyl sites for hydroxylation is 2. The topological polar surface area (TPSA) is 56.3 Å². The molecule has 140 valence electrons. The van der Waals surface area contributed by atoms with Gasteiger partial charge in [0.15, 0.2) is 5.96 Å². The number of aromatic nitrogens is 2. The van der Waals surface area contributed by atoms with Gasteiger partial charge in [-0.15, -0.1) is 35.3 Å². The van der Waals surface area contributed by atoms with Crippen LogP contribution in [0.1, 0.15) is 21.8 Å². The van der Waals surface area contributed by atoms with Crippen LogP contribution in [-0.2, 0) is 13.0 Å². The van der Waals surface area contributed by atoms with Gasteiger partial charge < -0.3 is 15.2 Å². The molecule has 0 radical (unpaired) electrons. The Morgan fingerprint density at radius 2 is 2.15 bits per heavy atom. The van der Waals surface area contributed by atoms with E-state index in [1.54, 1.807) is 11.3 Å². The number of nitrogens with zero attached hydrogens (tertiary/aromatic N) is 3. The molecule has 2 aromatic heterocycles. The van der Waals surface area contributed by atoms with E-state index < -0.39 is 0 Å². The van der Waals surface area contributed by atoms with Crippen LogP contribution in [0.4, 0.5) is 0 Å². The number of nitrogens with one attached hydrogen (secondary N) is 2. The van der Waals surface area contributed by atoms with E-state index in [2.05, 4.69) is 61.9 Å². The molecule has 0 saturated carbocycles. The van der Waals surface area contributed by atoms with Crippen LogP contribution < -0.4 is 5.32 Å². The van der Waals surface area contributed by atoms with Crippen LogP contribution in [0.3, 0.4) is 0 Å². The van der Waals surface area contributed by atoms with Gasteiger partial charge in [0.1, 0.15) is 0 Å². The molecule has 0 spiro atoms. The molecule has 0 atom stereocenters. The lowest BCUT2D eigenvalue weighted by Crippen LogP contribution is -2.39. The Labute approximate surface area is 176 Å². The maximum absolute atomic E-state index is 4.52. The van der Waals surface area contributed by atoms with Crippen molar-refractivity contribution in [2.75, 3.05) is 20.6 Å². The normalized spacial score (nSPS) is 11.5. The summed E-state index contributed by atoms with van der Waals surface area (Å²) >= 11 is 1.68. The SMILES string of the molecule is CN=C(NCCc1c[nH]c2c(C)cccc12)N(C)Cc1csc(C)n1.I. The first-order chi connectivity index (χ1) is 12.1. The molecule has 0 saturated heterocycles. The van der Waals surface area contributed by atoms with Gasteiger partial charge in [0, 0.05) is 43.1 Å². The summed E-state index contributed by atoms with van der Waals surface area (Å²) in [5.74, 6) is 0.890. The predicted molar refractivity (Wildman–Crippen MR) is 122 cm³/mol. The van der Waals surface area contributed by atoms with E-state index in [1.807, 2.05) is 21.0 Å². The second kappa shape index (κ2) is 9.36. The second-order valence-electron chi connectivity index (χ2n) is 6.25. The van der Waals surface area contributed by atoms with Crippen molar-refractivity contribution in [2.45, 2.75) is 26.8 Å². The Morgan fingerprint density at radius 1 is 1.35 bits per heavy atom. The third kappa shape index (κ3) is 4.76. The maximum Gasteiger partial charge on any atom is 0.193 e. The fourth-order valence-corrected chi connectivity index (χ4v) is 3.67. The number of rotatable bonds is 5. The molecule has 26 heavy (non-hydrogen) atoms. The van der Waals surface area contributed by atoms with E-state index in [1.165, 1.54) is 22.0 Å². The highest BCUT2D eigenvalue weighted by Gasteiger charge is 2.09. The first-order valence-electron chi connectivity index (χ1n) is 8.47. The number of halogens is 1. The van der Waals surface area contributed by atoms with E-state index in [0.29, 0.717) is 0 Å². The van der Waals surface area contributed by atoms with Gasteiger partial charge in [0.05, 0.1) is 17.2 Å². The van der Waals surface area contributed by atoms with Crippen LogP contribution >= 0.6 is 35.3 Å². The quantitative estimate of drug-likeness (QED) is 0.326. The zero-order chi connectivity index (χ0) is 17.8. The monoisotopic (exact) mass is 483 g/mol. The number of hydrogen-bond donors (Lipinski definition) is 2. The highest BCUT2D eigenvalue weighted by Crippen LogP contribution is 2.21. The van der Waals surface area contributed by atoms with Gasteiger partial charge in [0.2, 0.25) is 0 Å². The number of para-hydroxylation sites is 1. The highest BCUT2D eigenvalue weighted by molar-refractivity contribution is 14.0. The Kier molecular flexibility index (Phi) is 7.45. The Balaban J connectivity index is 0.00000243. The number of hydrogen-bond acceptors (Lipinski definition) is 3. The van der Waals surface area contributed by atoms with Crippen molar-refractivity contribution in [2.24, 2.45) is 4.99 Å². The van der Waals surface area contributed by atoms with Crippen molar-refractivity contribution in [3.8, 4) is 0 Å². The molecule has 2 N–H and O–H groups in total. The highest BCUT2D eigenvalue weighted by atomic mass is 127. The second-order valence-corrected chi connectivity index (χ2v) is 7.31. The molecule has 0 unspecified atom stereocenters. The van der Waals surface area contributed by atoms with E-state index in [9.17, 15) is 0 Å². The van der Waals surface area contributed by atoms with Crippen LogP contribution in [0, 0.1) is 13.8 Å². The van der Waals surface area contributed by atoms with E-state index in [0.717, 1.165) is 36.2 Å². The Morgan fingerprint density at radius 3 is 2.85 bits per heavy atom. The molecule has 2 heterocycles. The molecule has 3 aromatic rings. The molecular formula is C19H26IN5S. The lowest BCUT2D eigenvalue weighted by atomic mass is 10.1. The largest absolute Gasteiger partial charge is 0.361 e. The Bertz CT molecular complexity index is 883. The molecule has 0 fully saturated rings. The summed E-state index contributed by atoms with van der Waals surface area (Å²) in [6, 6.07) is 6.43. The smallest absolute Gasteiger partial charge is 0.193 e. The zero-order valence-corrected chi connectivity index (χ0v) is 18.8. The fourth-order valence-electron chi connectivity index (χ4n) is 3.06. The average molecular weight is 483 g/mol. The molecule has 7 heteroatoms. The minimum Gasteiger partial charge on any atom is -0.361 e. The molecule has 3 rings (SSSR count). The summed E-state index contributed by atoms with van der Waals surface area (Å²) < 4.78 is 0. The van der Waals surface area contributed by atoms with E-state index >= 15 is 0 Å². The van der Waals surface area contributed by atoms with Gasteiger partial charge in [-0.2, -0.15) is 0 Å². The first kappa shape index (κ1) is 20.7. The molecule has 0 amide bonds. The number of guanidine groups is 1. The number of thiazole rings is 1. The lowest BCUT2D eigenvalue weighted by Gasteiger charge is -2.21. The summed E-state index contributed by atoms with van der Waals surface area (Å²) in [7, 11) is 3.86. The van der Waals surface area contributed by atoms with Crippen LogP contribution in [0.25, 0.3) is 10.9 Å². The number of benzene rings is 1. The van der Waals surface area contributed by atoms with E-state index in [4.69, 9.17) is 0 Å². The number of H-pyrrole nitrogens is 1. The summed E-state index contributed by atoms with van der Waals surface area (Å²) in [4.78, 5) is 14.4. The van der Waals surface area contributed by atoms with E-state index in [-0.39, 0.29) is 24.0 Å². The Hall–Kier alpha value is -1.61. The van der Waals surface area contributed by atoms with Gasteiger partial charge in [-0.25, -0.2) is 4.98 Å². The van der Waals surface area contributed by atoms with Gasteiger partial charge >= 0.3 is 0 Å². The summed E-state index contributed by atoms with van der Waals surface area (Å²) in [6.45, 7) is 5.77. The van der Waals surface area contributed by atoms with Gasteiger partial charge in [-0.3, -0.25) is 4.99 Å². The minimum absolute atomic E-state index is 0. The standard InChI is InChI=1S/C19H25N5S.HI/c1-13-6-5-7-17-15(10-22-18(13)17)8-9-21-19(20-3)24(4)11-16-12-25-14(2)23-16;/h5-7,10,12,22H,8-9,11H2,1-4H3,(H,20,21);1H. The van der Waals surface area contributed by atoms with Crippen LogP contribution in [0.2, 0.25) is 0 Å². The third-order valence-corrected chi connectivity index (χ3v) is 5.15. The van der Waals surface area contributed by atoms with Crippen LogP contribution in [-0.4, -0.2) is 41.5 Å².